The number of oxime groups is 1. The van der Waals surface area contributed by atoms with Gasteiger partial charge in [0.25, 0.3) is 0 Å². The maximum atomic E-state index is 13.1. The van der Waals surface area contributed by atoms with Crippen molar-refractivity contribution in [3.8, 4) is 0 Å². The highest BCUT2D eigenvalue weighted by Gasteiger charge is 2.42. The number of pyridine rings is 1. The molecule has 5 rings (SSSR count). The number of benzene rings is 1. The number of fused-ring (bicyclic) bond motifs is 1. The fourth-order valence-corrected chi connectivity index (χ4v) is 5.11. The molecule has 1 saturated heterocycles. The summed E-state index contributed by atoms with van der Waals surface area (Å²) in [5, 5.41) is 10.1. The number of esters is 1. The Morgan fingerprint density at radius 2 is 2.00 bits per heavy atom. The molecule has 2 aliphatic heterocycles. The van der Waals surface area contributed by atoms with E-state index in [0.717, 1.165) is 17.3 Å². The summed E-state index contributed by atoms with van der Waals surface area (Å²) in [4.78, 5) is 61.4. The lowest BCUT2D eigenvalue weighted by molar-refractivity contribution is -0.144. The Balaban J connectivity index is 1.20. The highest BCUT2D eigenvalue weighted by Crippen LogP contribution is 2.27. The van der Waals surface area contributed by atoms with Crippen LogP contribution >= 0.6 is 15.9 Å². The van der Waals surface area contributed by atoms with Gasteiger partial charge >= 0.3 is 18.2 Å². The molecule has 2 fully saturated rings. The number of nitrogens with one attached hydrogen (secondary N) is 2. The molecule has 0 bridgehead atoms. The zero-order chi connectivity index (χ0) is 27.4. The molecule has 1 saturated carbocycles. The number of aromatic nitrogens is 1. The van der Waals surface area contributed by atoms with Crippen LogP contribution in [0.25, 0.3) is 10.9 Å². The molecule has 39 heavy (non-hydrogen) atoms. The number of nitrogens with zero attached hydrogens (tertiary/aromatic N) is 3. The lowest BCUT2D eigenvalue weighted by atomic mass is 9.86. The van der Waals surface area contributed by atoms with Gasteiger partial charge in [-0.3, -0.25) is 19.5 Å². The first-order chi connectivity index (χ1) is 18.9. The number of hydrogen-bond acceptors (Lipinski definition) is 9. The Labute approximate surface area is 232 Å². The van der Waals surface area contributed by atoms with Gasteiger partial charge in [0.1, 0.15) is 17.3 Å². The molecule has 1 aliphatic carbocycles. The van der Waals surface area contributed by atoms with Crippen LogP contribution in [-0.4, -0.2) is 69.8 Å². The second-order valence-corrected chi connectivity index (χ2v) is 10.7. The zero-order valence-electron chi connectivity index (χ0n) is 21.0. The minimum absolute atomic E-state index is 0.00813. The van der Waals surface area contributed by atoms with Crippen LogP contribution in [0.3, 0.4) is 0 Å². The van der Waals surface area contributed by atoms with E-state index in [1.165, 1.54) is 4.90 Å². The van der Waals surface area contributed by atoms with Crippen LogP contribution in [0.2, 0.25) is 0 Å². The van der Waals surface area contributed by atoms with E-state index in [4.69, 9.17) is 14.3 Å². The molecule has 12 nitrogen and oxygen atoms in total. The monoisotopic (exact) mass is 601 g/mol. The lowest BCUT2D eigenvalue weighted by Gasteiger charge is -2.23. The number of carbonyl (C=O) groups excluding carboxylic acids is 4. The molecule has 2 aromatic rings. The van der Waals surface area contributed by atoms with E-state index in [0.29, 0.717) is 29.4 Å². The summed E-state index contributed by atoms with van der Waals surface area (Å²) >= 11 is 3.26. The summed E-state index contributed by atoms with van der Waals surface area (Å²) in [6.45, 7) is 0.155. The van der Waals surface area contributed by atoms with Crippen molar-refractivity contribution in [2.45, 2.75) is 56.9 Å². The van der Waals surface area contributed by atoms with Crippen LogP contribution in [0.1, 0.15) is 37.7 Å². The fraction of sp³-hybridized carbons (Fsp3) is 0.462. The Bertz CT molecular complexity index is 1300. The number of carbonyl (C=O) groups is 4. The normalized spacial score (nSPS) is 22.4. The Kier molecular flexibility index (Phi) is 8.24. The van der Waals surface area contributed by atoms with Crippen molar-refractivity contribution in [1.29, 1.82) is 0 Å². The fourth-order valence-electron chi connectivity index (χ4n) is 4.66. The standard InChI is InChI=1S/C26H28BrN5O7/c27-22-10-19(39-31-22)12-29-23(33)21-9-18(30-25(35)38-24(34)16-5-3-6-16)13-32(21)26(36)37-14-15-8-17-4-1-2-7-20(17)28-11-15/h1-2,4,7-8,11,16,18-19,21H,3,5-6,9-10,12-14H2,(H,29,33)(H,30,35)/t18-,19+,21+/m1/s1. The van der Waals surface area contributed by atoms with Crippen LogP contribution in [0.5, 0.6) is 0 Å². The SMILES string of the molecule is O=C(N[C@@H]1C[C@@H](C(=O)NC[C@@H]2CC(Br)=NO2)N(C(=O)OCc2cnc3ccccc3c2)C1)OC(=O)C1CCC1. The van der Waals surface area contributed by atoms with Gasteiger partial charge in [-0.15, -0.1) is 0 Å². The molecule has 3 atom stereocenters. The highest BCUT2D eigenvalue weighted by molar-refractivity contribution is 9.18. The average molecular weight is 602 g/mol. The molecular weight excluding hydrogens is 574 g/mol. The van der Waals surface area contributed by atoms with Gasteiger partial charge in [0.05, 0.1) is 24.0 Å². The number of alkyl carbamates (subject to hydrolysis) is 1. The van der Waals surface area contributed by atoms with Crippen LogP contribution in [0.4, 0.5) is 9.59 Å². The third kappa shape index (κ3) is 6.64. The topological polar surface area (TPSA) is 149 Å². The quantitative estimate of drug-likeness (QED) is 0.363. The van der Waals surface area contributed by atoms with Crippen LogP contribution in [0.15, 0.2) is 41.7 Å². The smallest absolute Gasteiger partial charge is 0.415 e. The minimum Gasteiger partial charge on any atom is -0.444 e. The van der Waals surface area contributed by atoms with E-state index in [9.17, 15) is 19.2 Å². The van der Waals surface area contributed by atoms with Gasteiger partial charge in [0.15, 0.2) is 6.10 Å². The summed E-state index contributed by atoms with van der Waals surface area (Å²) in [5.41, 5.74) is 1.52. The number of ether oxygens (including phenoxy) is 2. The van der Waals surface area contributed by atoms with Crippen molar-refractivity contribution in [1.82, 2.24) is 20.5 Å². The van der Waals surface area contributed by atoms with E-state index in [1.54, 1.807) is 6.20 Å². The van der Waals surface area contributed by atoms with Crippen molar-refractivity contribution < 1.29 is 33.5 Å². The molecule has 206 valence electrons. The summed E-state index contributed by atoms with van der Waals surface area (Å²) in [5.74, 6) is -1.24. The predicted octanol–water partition coefficient (Wildman–Crippen LogP) is 2.98. The number of para-hydroxylation sites is 1. The molecule has 1 aromatic carbocycles. The summed E-state index contributed by atoms with van der Waals surface area (Å²) in [6.07, 6.45) is 2.68. The van der Waals surface area contributed by atoms with Crippen molar-refractivity contribution in [3.63, 3.8) is 0 Å². The van der Waals surface area contributed by atoms with Gasteiger partial charge in [-0.2, -0.15) is 0 Å². The number of rotatable bonds is 7. The molecule has 3 aliphatic rings. The van der Waals surface area contributed by atoms with Crippen molar-refractivity contribution >= 4 is 55.5 Å². The number of hydrogen-bond donors (Lipinski definition) is 2. The predicted molar refractivity (Wildman–Crippen MR) is 142 cm³/mol. The first kappa shape index (κ1) is 26.9. The first-order valence-electron chi connectivity index (χ1n) is 12.8. The second-order valence-electron chi connectivity index (χ2n) is 9.82. The molecule has 0 radical (unpaired) electrons. The second kappa shape index (κ2) is 12.0. The van der Waals surface area contributed by atoms with Gasteiger partial charge in [0, 0.05) is 30.1 Å². The van der Waals surface area contributed by atoms with E-state index in [-0.39, 0.29) is 38.1 Å². The number of halogens is 1. The van der Waals surface area contributed by atoms with Gasteiger partial charge in [0.2, 0.25) is 5.91 Å². The van der Waals surface area contributed by atoms with E-state index < -0.39 is 36.1 Å². The molecule has 13 heteroatoms. The molecular formula is C26H28BrN5O7. The van der Waals surface area contributed by atoms with Crippen LogP contribution < -0.4 is 10.6 Å². The van der Waals surface area contributed by atoms with E-state index in [2.05, 4.69) is 36.7 Å². The molecule has 1 aromatic heterocycles. The largest absolute Gasteiger partial charge is 0.444 e. The Morgan fingerprint density at radius 1 is 1.18 bits per heavy atom. The summed E-state index contributed by atoms with van der Waals surface area (Å²) in [7, 11) is 0. The van der Waals surface area contributed by atoms with Crippen molar-refractivity contribution in [3.05, 3.63) is 42.1 Å². The van der Waals surface area contributed by atoms with E-state index >= 15 is 0 Å². The Morgan fingerprint density at radius 3 is 2.74 bits per heavy atom. The zero-order valence-corrected chi connectivity index (χ0v) is 22.6. The van der Waals surface area contributed by atoms with Crippen LogP contribution in [-0.2, 0) is 30.5 Å². The van der Waals surface area contributed by atoms with Crippen LogP contribution in [0, 0.1) is 5.92 Å². The minimum atomic E-state index is -0.911. The molecule has 0 spiro atoms. The maximum Gasteiger partial charge on any atom is 0.415 e. The third-order valence-corrected chi connectivity index (χ3v) is 7.47. The average Bonchev–Trinajstić information content (AvgIpc) is 3.50. The molecule has 3 heterocycles. The molecule has 3 amide bonds. The van der Waals surface area contributed by atoms with Crippen molar-refractivity contribution in [2.24, 2.45) is 11.1 Å². The maximum absolute atomic E-state index is 13.1. The van der Waals surface area contributed by atoms with Gasteiger partial charge < -0.3 is 24.9 Å². The Hall–Kier alpha value is -3.74. The van der Waals surface area contributed by atoms with Gasteiger partial charge in [-0.1, -0.05) is 29.8 Å². The number of likely N-dealkylation sites (tertiary alicyclic amines) is 1. The molecule has 2 N–H and O–H groups in total. The first-order valence-corrected chi connectivity index (χ1v) is 13.6. The van der Waals surface area contributed by atoms with Gasteiger partial charge in [-0.25, -0.2) is 9.59 Å². The third-order valence-electron chi connectivity index (χ3n) is 7.00. The summed E-state index contributed by atoms with van der Waals surface area (Å²) < 4.78 is 11.1. The molecule has 0 unspecified atom stereocenters. The van der Waals surface area contributed by atoms with Gasteiger partial charge in [-0.05, 0) is 47.3 Å². The lowest BCUT2D eigenvalue weighted by Crippen LogP contribution is -2.47. The summed E-state index contributed by atoms with van der Waals surface area (Å²) in [6, 6.07) is 7.94. The van der Waals surface area contributed by atoms with Crippen molar-refractivity contribution in [2.75, 3.05) is 13.1 Å². The van der Waals surface area contributed by atoms with E-state index in [1.807, 2.05) is 30.3 Å². The number of amides is 3. The highest BCUT2D eigenvalue weighted by atomic mass is 79.9.